The van der Waals surface area contributed by atoms with Crippen LogP contribution in [0.5, 0.6) is 0 Å². The molecule has 0 aromatic heterocycles. The lowest BCUT2D eigenvalue weighted by Crippen LogP contribution is -2.25. The molecule has 0 aliphatic carbocycles. The Morgan fingerprint density at radius 1 is 1.00 bits per heavy atom. The minimum absolute atomic E-state index is 0.439. The first-order valence-electron chi connectivity index (χ1n) is 4.39. The van der Waals surface area contributed by atoms with Crippen molar-refractivity contribution in [3.8, 4) is 0 Å². The fourth-order valence-electron chi connectivity index (χ4n) is 0.862. The smallest absolute Gasteiger partial charge is 0.317 e. The molecule has 1 aliphatic heterocycles. The number of carboxylic acids is 2. The number of aliphatic carboxylic acids is 2. The topological polar surface area (TPSA) is 74.6 Å². The van der Waals surface area contributed by atoms with Crippen molar-refractivity contribution in [3.05, 3.63) is 0 Å². The van der Waals surface area contributed by atoms with Crippen molar-refractivity contribution < 1.29 is 19.8 Å². The summed E-state index contributed by atoms with van der Waals surface area (Å²) < 4.78 is 0. The summed E-state index contributed by atoms with van der Waals surface area (Å²) in [5.41, 5.74) is 0. The van der Waals surface area contributed by atoms with Crippen LogP contribution in [-0.4, -0.2) is 32.7 Å². The number of rotatable bonds is 2. The van der Waals surface area contributed by atoms with E-state index in [1.807, 2.05) is 13.8 Å². The molecule has 0 aromatic rings. The van der Waals surface area contributed by atoms with E-state index in [1.54, 1.807) is 0 Å². The molecule has 0 spiro atoms. The fourth-order valence-corrected chi connectivity index (χ4v) is 3.64. The van der Waals surface area contributed by atoms with E-state index in [1.165, 1.54) is 0 Å². The van der Waals surface area contributed by atoms with Gasteiger partial charge in [0.1, 0.15) is 10.5 Å². The Morgan fingerprint density at radius 3 is 1.43 bits per heavy atom. The van der Waals surface area contributed by atoms with E-state index in [0.29, 0.717) is 12.8 Å². The highest BCUT2D eigenvalue weighted by atomic mass is 33.1. The fraction of sp³-hybridized carbons (Fsp3) is 0.750. The third-order valence-corrected chi connectivity index (χ3v) is 4.71. The van der Waals surface area contributed by atoms with Crippen molar-refractivity contribution in [1.29, 1.82) is 0 Å². The van der Waals surface area contributed by atoms with Crippen LogP contribution in [0, 0.1) is 0 Å². The summed E-state index contributed by atoms with van der Waals surface area (Å²) in [5.74, 6) is -1.70. The maximum absolute atomic E-state index is 10.4. The van der Waals surface area contributed by atoms with Crippen LogP contribution in [0.1, 0.15) is 26.7 Å². The number of carbonyl (C=O) groups is 2. The highest BCUT2D eigenvalue weighted by Crippen LogP contribution is 2.40. The van der Waals surface area contributed by atoms with Gasteiger partial charge in [-0.1, -0.05) is 35.4 Å². The molecule has 0 saturated carbocycles. The zero-order valence-corrected chi connectivity index (χ0v) is 9.73. The monoisotopic (exact) mass is 238 g/mol. The average Bonchev–Trinajstić information content (AvgIpc) is 2.21. The molecule has 2 unspecified atom stereocenters. The Hall–Kier alpha value is -0.360. The van der Waals surface area contributed by atoms with E-state index in [2.05, 4.69) is 0 Å². The Balaban J connectivity index is 0.000000791. The second kappa shape index (κ2) is 7.00. The third-order valence-electron chi connectivity index (χ3n) is 1.53. The highest BCUT2D eigenvalue weighted by Gasteiger charge is 2.30. The molecule has 1 heterocycles. The van der Waals surface area contributed by atoms with Crippen LogP contribution in [0.4, 0.5) is 0 Å². The zero-order valence-electron chi connectivity index (χ0n) is 8.10. The molecule has 0 radical (unpaired) electrons. The second-order valence-corrected chi connectivity index (χ2v) is 5.10. The Morgan fingerprint density at radius 2 is 1.29 bits per heavy atom. The molecule has 82 valence electrons. The largest absolute Gasteiger partial charge is 0.480 e. The Bertz CT molecular complexity index is 178. The summed E-state index contributed by atoms with van der Waals surface area (Å²) in [4.78, 5) is 20.9. The molecule has 0 amide bonds. The van der Waals surface area contributed by atoms with E-state index in [9.17, 15) is 9.59 Å². The maximum Gasteiger partial charge on any atom is 0.317 e. The highest BCUT2D eigenvalue weighted by molar-refractivity contribution is 8.77. The first kappa shape index (κ1) is 13.6. The molecule has 0 bridgehead atoms. The Labute approximate surface area is 90.9 Å². The van der Waals surface area contributed by atoms with Gasteiger partial charge < -0.3 is 10.2 Å². The molecular formula is C8H14O4S2. The van der Waals surface area contributed by atoms with Crippen LogP contribution in [0.25, 0.3) is 0 Å². The maximum atomic E-state index is 10.4. The molecule has 1 aliphatic rings. The summed E-state index contributed by atoms with van der Waals surface area (Å²) in [6.07, 6.45) is 0.897. The van der Waals surface area contributed by atoms with Crippen molar-refractivity contribution in [2.45, 2.75) is 37.2 Å². The van der Waals surface area contributed by atoms with Crippen molar-refractivity contribution in [2.75, 3.05) is 0 Å². The lowest BCUT2D eigenvalue weighted by Gasteiger charge is -2.21. The van der Waals surface area contributed by atoms with Crippen LogP contribution >= 0.6 is 21.6 Å². The van der Waals surface area contributed by atoms with Gasteiger partial charge in [-0.05, 0) is 12.8 Å². The van der Waals surface area contributed by atoms with Crippen LogP contribution in [0.2, 0.25) is 0 Å². The average molecular weight is 238 g/mol. The SMILES string of the molecule is CC.O=C(O)C1CCC(C(=O)O)SS1. The normalized spacial score (nSPS) is 25.9. The second-order valence-electron chi connectivity index (χ2n) is 2.42. The summed E-state index contributed by atoms with van der Waals surface area (Å²) in [7, 11) is 2.29. The van der Waals surface area contributed by atoms with E-state index in [0.717, 1.165) is 21.6 Å². The minimum atomic E-state index is -0.851. The van der Waals surface area contributed by atoms with Crippen LogP contribution in [0.15, 0.2) is 0 Å². The molecule has 0 aromatic carbocycles. The number of hydrogen-bond donors (Lipinski definition) is 2. The summed E-state index contributed by atoms with van der Waals surface area (Å²) >= 11 is 0. The molecule has 2 N–H and O–H groups in total. The van der Waals surface area contributed by atoms with Crippen LogP contribution in [0.3, 0.4) is 0 Å². The standard InChI is InChI=1S/C6H8O4S2.C2H6/c7-5(8)3-1-2-4(6(9)10)12-11-3;1-2/h3-4H,1-2H2,(H,7,8)(H,9,10);1-2H3. The molecule has 1 fully saturated rings. The molecule has 4 nitrogen and oxygen atoms in total. The van der Waals surface area contributed by atoms with E-state index >= 15 is 0 Å². The van der Waals surface area contributed by atoms with E-state index < -0.39 is 22.4 Å². The number of hydrogen-bond acceptors (Lipinski definition) is 4. The first-order chi connectivity index (χ1) is 6.61. The van der Waals surface area contributed by atoms with Crippen molar-refractivity contribution in [1.82, 2.24) is 0 Å². The van der Waals surface area contributed by atoms with Gasteiger partial charge in [0.25, 0.3) is 0 Å². The van der Waals surface area contributed by atoms with E-state index in [-0.39, 0.29) is 0 Å². The molecule has 2 atom stereocenters. The van der Waals surface area contributed by atoms with Crippen LogP contribution < -0.4 is 0 Å². The molecule has 1 rings (SSSR count). The summed E-state index contributed by atoms with van der Waals surface area (Å²) in [6.45, 7) is 4.00. The van der Waals surface area contributed by atoms with Gasteiger partial charge in [0, 0.05) is 0 Å². The van der Waals surface area contributed by atoms with Crippen molar-refractivity contribution >= 4 is 33.5 Å². The lowest BCUT2D eigenvalue weighted by atomic mass is 10.2. The predicted molar refractivity (Wildman–Crippen MR) is 58.6 cm³/mol. The summed E-state index contributed by atoms with van der Waals surface area (Å²) in [6, 6.07) is 0. The molecular weight excluding hydrogens is 224 g/mol. The van der Waals surface area contributed by atoms with Gasteiger partial charge in [-0.3, -0.25) is 9.59 Å². The Kier molecular flexibility index (Phi) is 6.82. The molecule has 1 saturated heterocycles. The first-order valence-corrected chi connectivity index (χ1v) is 6.66. The van der Waals surface area contributed by atoms with Crippen LogP contribution in [-0.2, 0) is 9.59 Å². The van der Waals surface area contributed by atoms with Gasteiger partial charge in [0.2, 0.25) is 0 Å². The zero-order chi connectivity index (χ0) is 11.1. The van der Waals surface area contributed by atoms with Gasteiger partial charge in [-0.15, -0.1) is 0 Å². The number of carboxylic acid groups (broad SMARTS) is 2. The van der Waals surface area contributed by atoms with Gasteiger partial charge in [0.05, 0.1) is 0 Å². The van der Waals surface area contributed by atoms with Gasteiger partial charge >= 0.3 is 11.9 Å². The molecule has 14 heavy (non-hydrogen) atoms. The molecule has 6 heteroatoms. The lowest BCUT2D eigenvalue weighted by molar-refractivity contribution is -0.138. The van der Waals surface area contributed by atoms with Crippen molar-refractivity contribution in [2.24, 2.45) is 0 Å². The third kappa shape index (κ3) is 4.23. The van der Waals surface area contributed by atoms with Crippen molar-refractivity contribution in [3.63, 3.8) is 0 Å². The van der Waals surface area contributed by atoms with Gasteiger partial charge in [-0.2, -0.15) is 0 Å². The quantitative estimate of drug-likeness (QED) is 0.718. The van der Waals surface area contributed by atoms with E-state index in [4.69, 9.17) is 10.2 Å². The van der Waals surface area contributed by atoms with Gasteiger partial charge in [-0.25, -0.2) is 0 Å². The van der Waals surface area contributed by atoms with Gasteiger partial charge in [0.15, 0.2) is 0 Å². The summed E-state index contributed by atoms with van der Waals surface area (Å²) in [5, 5.41) is 16.3. The minimum Gasteiger partial charge on any atom is -0.480 e. The predicted octanol–water partition coefficient (Wildman–Crippen LogP) is 2.09.